The molecule has 14 nitrogen and oxygen atoms in total. The van der Waals surface area contributed by atoms with Crippen molar-refractivity contribution in [3.63, 3.8) is 0 Å². The number of halogens is 4. The third-order valence-corrected chi connectivity index (χ3v) is 6.98. The summed E-state index contributed by atoms with van der Waals surface area (Å²) in [5.41, 5.74) is -1.78. The molecule has 2 N–H and O–H groups in total. The highest BCUT2D eigenvalue weighted by Gasteiger charge is 2.54. The van der Waals surface area contributed by atoms with Crippen molar-refractivity contribution in [2.24, 2.45) is 15.0 Å². The minimum absolute atomic E-state index is 0.0265. The average Bonchev–Trinajstić information content (AvgIpc) is 2.98. The number of isocyanates is 3. The standard InChI is InChI=1S/C24H36N6O6.C6H10F4O2/c31-19-25-13-7-1-4-10-16-28-22(34)29(17-11-5-2-8-14-26-20-32)24(36)30(23(28)35)18-12-6-3-9-15-27-21-33;1-4(11,12)3-6(9,10)5(2,7)8/h1-18H2;11-12H,3H2,1-2H3. The predicted octanol–water partition coefficient (Wildman–Crippen LogP) is 3.23. The molecular formula is C30H46F4N6O8. The lowest BCUT2D eigenvalue weighted by Gasteiger charge is -2.27. The fourth-order valence-electron chi connectivity index (χ4n) is 4.41. The Kier molecular flexibility index (Phi) is 21.6. The summed E-state index contributed by atoms with van der Waals surface area (Å²) in [6.07, 6.45) is 11.4. The Balaban J connectivity index is 0.00000155. The SMILES string of the molecule is CC(O)(O)CC(F)(F)C(C)(F)F.O=C=NCCCCCCn1c(=O)n(CCCCCCN=C=O)c(=O)n(CCCCCCN=C=O)c1=O. The fraction of sp³-hybridized carbons (Fsp3) is 0.800. The Morgan fingerprint density at radius 2 is 0.812 bits per heavy atom. The van der Waals surface area contributed by atoms with Crippen LogP contribution in [0.3, 0.4) is 0 Å². The second-order valence-electron chi connectivity index (χ2n) is 11.5. The molecule has 48 heavy (non-hydrogen) atoms. The highest BCUT2D eigenvalue weighted by Crippen LogP contribution is 2.38. The topological polar surface area (TPSA) is 195 Å². The molecular weight excluding hydrogens is 648 g/mol. The van der Waals surface area contributed by atoms with Crippen molar-refractivity contribution in [2.45, 2.75) is 135 Å². The number of nitrogens with zero attached hydrogens (tertiary/aromatic N) is 6. The van der Waals surface area contributed by atoms with Crippen LogP contribution < -0.4 is 17.1 Å². The Hall–Kier alpha value is -3.81. The molecule has 0 unspecified atom stereocenters. The molecule has 0 atom stereocenters. The zero-order valence-corrected chi connectivity index (χ0v) is 27.5. The maximum Gasteiger partial charge on any atom is 0.336 e. The van der Waals surface area contributed by atoms with Crippen LogP contribution in [0.4, 0.5) is 17.6 Å². The molecule has 0 bridgehead atoms. The molecule has 1 heterocycles. The lowest BCUT2D eigenvalue weighted by atomic mass is 10.0. The van der Waals surface area contributed by atoms with Crippen molar-refractivity contribution in [3.8, 4) is 0 Å². The number of unbranched alkanes of at least 4 members (excludes halogenated alkanes) is 9. The van der Waals surface area contributed by atoms with E-state index in [1.807, 2.05) is 0 Å². The van der Waals surface area contributed by atoms with E-state index in [2.05, 4.69) is 15.0 Å². The minimum atomic E-state index is -4.41. The lowest BCUT2D eigenvalue weighted by molar-refractivity contribution is -0.259. The summed E-state index contributed by atoms with van der Waals surface area (Å²) in [7, 11) is 0. The first-order valence-corrected chi connectivity index (χ1v) is 15.8. The van der Waals surface area contributed by atoms with E-state index < -0.39 is 41.1 Å². The molecule has 0 aromatic carbocycles. The van der Waals surface area contributed by atoms with Gasteiger partial charge in [0, 0.05) is 26.6 Å². The molecule has 1 rings (SSSR count). The zero-order chi connectivity index (χ0) is 36.6. The summed E-state index contributed by atoms with van der Waals surface area (Å²) in [6, 6.07) is 0. The normalized spacial score (nSPS) is 11.5. The van der Waals surface area contributed by atoms with Gasteiger partial charge in [0.05, 0.1) is 26.1 Å². The highest BCUT2D eigenvalue weighted by atomic mass is 19.3. The van der Waals surface area contributed by atoms with Gasteiger partial charge in [-0.15, -0.1) is 0 Å². The summed E-state index contributed by atoms with van der Waals surface area (Å²) in [6.45, 7) is 2.50. The maximum atomic E-state index is 13.0. The molecule has 0 amide bonds. The lowest BCUT2D eigenvalue weighted by Crippen LogP contribution is -2.54. The van der Waals surface area contributed by atoms with E-state index in [0.717, 1.165) is 71.5 Å². The van der Waals surface area contributed by atoms with Crippen LogP contribution in [0.5, 0.6) is 0 Å². The van der Waals surface area contributed by atoms with Crippen molar-refractivity contribution in [1.29, 1.82) is 0 Å². The van der Waals surface area contributed by atoms with E-state index in [9.17, 15) is 46.3 Å². The van der Waals surface area contributed by atoms with E-state index in [-0.39, 0.29) is 26.6 Å². The number of hydrogen-bond acceptors (Lipinski definition) is 11. The van der Waals surface area contributed by atoms with Crippen LogP contribution in [0.1, 0.15) is 97.3 Å². The van der Waals surface area contributed by atoms with Crippen molar-refractivity contribution in [3.05, 3.63) is 31.5 Å². The quantitative estimate of drug-likeness (QED) is 0.0541. The molecule has 1 aromatic heterocycles. The number of aliphatic imine (C=N–C) groups is 3. The molecule has 0 fully saturated rings. The first kappa shape index (κ1) is 44.2. The largest absolute Gasteiger partial charge is 0.366 e. The summed E-state index contributed by atoms with van der Waals surface area (Å²) >= 11 is 0. The van der Waals surface area contributed by atoms with Crippen LogP contribution in [0, 0.1) is 0 Å². The van der Waals surface area contributed by atoms with Gasteiger partial charge in [0.25, 0.3) is 0 Å². The van der Waals surface area contributed by atoms with E-state index in [4.69, 9.17) is 10.2 Å². The Labute approximate surface area is 274 Å². The van der Waals surface area contributed by atoms with Crippen LogP contribution in [-0.4, -0.2) is 79.4 Å². The van der Waals surface area contributed by atoms with Crippen molar-refractivity contribution in [2.75, 3.05) is 19.6 Å². The molecule has 18 heteroatoms. The predicted molar refractivity (Wildman–Crippen MR) is 167 cm³/mol. The minimum Gasteiger partial charge on any atom is -0.366 e. The third kappa shape index (κ3) is 18.5. The molecule has 0 saturated heterocycles. The van der Waals surface area contributed by atoms with Gasteiger partial charge in [-0.3, -0.25) is 0 Å². The van der Waals surface area contributed by atoms with Crippen molar-refractivity contribution < 1.29 is 42.2 Å². The number of carbonyl (C=O) groups excluding carboxylic acids is 3. The van der Waals surface area contributed by atoms with Gasteiger partial charge in [-0.05, 0) is 45.4 Å². The Morgan fingerprint density at radius 3 is 1.02 bits per heavy atom. The van der Waals surface area contributed by atoms with E-state index >= 15 is 0 Å². The summed E-state index contributed by atoms with van der Waals surface area (Å²) in [4.78, 5) is 79.9. The first-order chi connectivity index (χ1) is 22.5. The van der Waals surface area contributed by atoms with Gasteiger partial charge in [-0.2, -0.15) is 8.78 Å². The second-order valence-corrected chi connectivity index (χ2v) is 11.5. The molecule has 272 valence electrons. The second kappa shape index (κ2) is 23.5. The van der Waals surface area contributed by atoms with Crippen LogP contribution in [0.15, 0.2) is 29.4 Å². The molecule has 0 radical (unpaired) electrons. The Bertz CT molecular complexity index is 1240. The van der Waals surface area contributed by atoms with E-state index in [0.29, 0.717) is 45.8 Å². The summed E-state index contributed by atoms with van der Waals surface area (Å²) in [5, 5.41) is 16.9. The molecule has 1 aromatic rings. The number of aromatic nitrogens is 3. The monoisotopic (exact) mass is 694 g/mol. The van der Waals surface area contributed by atoms with Gasteiger partial charge in [0.1, 0.15) is 0 Å². The van der Waals surface area contributed by atoms with Crippen LogP contribution in [0.25, 0.3) is 0 Å². The maximum absolute atomic E-state index is 13.0. The number of aliphatic hydroxyl groups is 2. The van der Waals surface area contributed by atoms with Crippen molar-refractivity contribution in [1.82, 2.24) is 13.7 Å². The fourth-order valence-corrected chi connectivity index (χ4v) is 4.41. The van der Waals surface area contributed by atoms with Gasteiger partial charge in [-0.1, -0.05) is 38.5 Å². The van der Waals surface area contributed by atoms with E-state index in [1.165, 1.54) is 18.2 Å². The molecule has 0 aliphatic rings. The third-order valence-electron chi connectivity index (χ3n) is 6.98. The molecule has 0 spiro atoms. The van der Waals surface area contributed by atoms with Gasteiger partial charge < -0.3 is 10.2 Å². The summed E-state index contributed by atoms with van der Waals surface area (Å²) in [5.74, 6) is -11.5. The van der Waals surface area contributed by atoms with E-state index in [1.54, 1.807) is 0 Å². The van der Waals surface area contributed by atoms with Crippen LogP contribution in [0.2, 0.25) is 0 Å². The molecule has 0 saturated carbocycles. The van der Waals surface area contributed by atoms with Crippen LogP contribution in [-0.2, 0) is 34.0 Å². The van der Waals surface area contributed by atoms with Gasteiger partial charge in [0.15, 0.2) is 5.79 Å². The number of hydrogen-bond donors (Lipinski definition) is 2. The van der Waals surface area contributed by atoms with Crippen molar-refractivity contribution >= 4 is 18.2 Å². The van der Waals surface area contributed by atoms with Crippen LogP contribution >= 0.6 is 0 Å². The number of rotatable bonds is 24. The van der Waals surface area contributed by atoms with Gasteiger partial charge in [0.2, 0.25) is 18.2 Å². The van der Waals surface area contributed by atoms with Gasteiger partial charge in [-0.25, -0.2) is 66.2 Å². The zero-order valence-electron chi connectivity index (χ0n) is 27.5. The average molecular weight is 695 g/mol. The molecule has 0 aliphatic heterocycles. The number of alkyl halides is 4. The smallest absolute Gasteiger partial charge is 0.336 e. The highest BCUT2D eigenvalue weighted by molar-refractivity contribution is 5.33. The Morgan fingerprint density at radius 1 is 0.542 bits per heavy atom. The van der Waals surface area contributed by atoms with Gasteiger partial charge >= 0.3 is 28.9 Å². The first-order valence-electron chi connectivity index (χ1n) is 15.8. The summed E-state index contributed by atoms with van der Waals surface area (Å²) < 4.78 is 52.3. The molecule has 0 aliphatic carbocycles.